The number of nitrogens with one attached hydrogen (secondary N) is 1. The molecule has 0 radical (unpaired) electrons. The molecule has 1 aromatic rings. The Labute approximate surface area is 157 Å². The van der Waals surface area contributed by atoms with E-state index in [1.165, 1.54) is 4.31 Å². The van der Waals surface area contributed by atoms with Crippen molar-refractivity contribution < 1.29 is 13.2 Å². The van der Waals surface area contributed by atoms with Crippen LogP contribution in [0.1, 0.15) is 19.4 Å². The maximum Gasteiger partial charge on any atom is 0.243 e. The lowest BCUT2D eigenvalue weighted by atomic mass is 10.2. The fourth-order valence-electron chi connectivity index (χ4n) is 3.07. The Morgan fingerprint density at radius 3 is 2.35 bits per heavy atom. The van der Waals surface area contributed by atoms with Crippen molar-refractivity contribution in [3.8, 4) is 0 Å². The predicted octanol–water partition coefficient (Wildman–Crippen LogP) is 1.21. The van der Waals surface area contributed by atoms with Crippen LogP contribution >= 0.6 is 0 Å². The van der Waals surface area contributed by atoms with Crippen molar-refractivity contribution in [2.45, 2.75) is 25.7 Å². The number of anilines is 1. The van der Waals surface area contributed by atoms with E-state index in [0.29, 0.717) is 30.9 Å². The molecule has 1 fully saturated rings. The number of amides is 1. The SMILES string of the molecule is CCN(CC)S(=O)(=O)c1cc(NC(=O)CN2CCN(C)CC2)ccc1C. The molecule has 146 valence electrons. The lowest BCUT2D eigenvalue weighted by Crippen LogP contribution is -2.47. The fourth-order valence-corrected chi connectivity index (χ4v) is 4.78. The summed E-state index contributed by atoms with van der Waals surface area (Å²) in [6, 6.07) is 5.05. The summed E-state index contributed by atoms with van der Waals surface area (Å²) in [6.45, 7) is 10.2. The lowest BCUT2D eigenvalue weighted by molar-refractivity contribution is -0.117. The van der Waals surface area contributed by atoms with Crippen molar-refractivity contribution in [1.29, 1.82) is 0 Å². The van der Waals surface area contributed by atoms with E-state index in [0.717, 1.165) is 26.2 Å². The highest BCUT2D eigenvalue weighted by Crippen LogP contribution is 2.23. The van der Waals surface area contributed by atoms with E-state index in [4.69, 9.17) is 0 Å². The Balaban J connectivity index is 2.10. The second-order valence-electron chi connectivity index (χ2n) is 6.70. The first-order valence-electron chi connectivity index (χ1n) is 9.09. The van der Waals surface area contributed by atoms with E-state index in [1.807, 2.05) is 13.8 Å². The topological polar surface area (TPSA) is 73.0 Å². The van der Waals surface area contributed by atoms with Gasteiger partial charge in [0, 0.05) is 45.0 Å². The maximum atomic E-state index is 12.8. The van der Waals surface area contributed by atoms with Crippen LogP contribution in [-0.4, -0.2) is 81.3 Å². The number of aryl methyl sites for hydroxylation is 1. The summed E-state index contributed by atoms with van der Waals surface area (Å²) in [7, 11) is -1.49. The van der Waals surface area contributed by atoms with Gasteiger partial charge >= 0.3 is 0 Å². The monoisotopic (exact) mass is 382 g/mol. The number of carbonyl (C=O) groups is 1. The van der Waals surface area contributed by atoms with Crippen molar-refractivity contribution in [3.63, 3.8) is 0 Å². The van der Waals surface area contributed by atoms with E-state index < -0.39 is 10.0 Å². The maximum absolute atomic E-state index is 12.8. The molecular weight excluding hydrogens is 352 g/mol. The number of piperazine rings is 1. The molecule has 1 N–H and O–H groups in total. The molecule has 0 aliphatic carbocycles. The zero-order valence-electron chi connectivity index (χ0n) is 16.2. The first-order chi connectivity index (χ1) is 12.3. The van der Waals surface area contributed by atoms with Crippen LogP contribution in [0.3, 0.4) is 0 Å². The van der Waals surface area contributed by atoms with Crippen molar-refractivity contribution in [2.24, 2.45) is 0 Å². The van der Waals surface area contributed by atoms with Gasteiger partial charge in [-0.15, -0.1) is 0 Å². The normalized spacial score (nSPS) is 16.8. The van der Waals surface area contributed by atoms with Crippen molar-refractivity contribution in [1.82, 2.24) is 14.1 Å². The number of hydrogen-bond donors (Lipinski definition) is 1. The molecule has 0 spiro atoms. The molecule has 7 nitrogen and oxygen atoms in total. The molecule has 0 atom stereocenters. The van der Waals surface area contributed by atoms with Crippen LogP contribution in [0.4, 0.5) is 5.69 Å². The molecule has 2 rings (SSSR count). The molecule has 0 bridgehead atoms. The summed E-state index contributed by atoms with van der Waals surface area (Å²) in [5.41, 5.74) is 1.19. The molecule has 26 heavy (non-hydrogen) atoms. The zero-order chi connectivity index (χ0) is 19.3. The molecule has 1 aliphatic rings. The summed E-state index contributed by atoms with van der Waals surface area (Å²) in [6.07, 6.45) is 0. The van der Waals surface area contributed by atoms with Gasteiger partial charge in [-0.25, -0.2) is 8.42 Å². The first-order valence-corrected chi connectivity index (χ1v) is 10.5. The Morgan fingerprint density at radius 1 is 1.15 bits per heavy atom. The highest BCUT2D eigenvalue weighted by molar-refractivity contribution is 7.89. The van der Waals surface area contributed by atoms with Crippen LogP contribution < -0.4 is 5.32 Å². The van der Waals surface area contributed by atoms with Gasteiger partial charge in [-0.2, -0.15) is 4.31 Å². The van der Waals surface area contributed by atoms with Gasteiger partial charge < -0.3 is 10.2 Å². The molecular formula is C18H30N4O3S. The van der Waals surface area contributed by atoms with Gasteiger partial charge in [-0.05, 0) is 31.7 Å². The van der Waals surface area contributed by atoms with Gasteiger partial charge in [0.15, 0.2) is 0 Å². The number of rotatable bonds is 7. The number of sulfonamides is 1. The van der Waals surface area contributed by atoms with Crippen molar-refractivity contribution in [3.05, 3.63) is 23.8 Å². The molecule has 0 unspecified atom stereocenters. The highest BCUT2D eigenvalue weighted by Gasteiger charge is 2.24. The van der Waals surface area contributed by atoms with E-state index in [2.05, 4.69) is 22.2 Å². The van der Waals surface area contributed by atoms with Crippen LogP contribution in [0.15, 0.2) is 23.1 Å². The minimum absolute atomic E-state index is 0.121. The Hall–Kier alpha value is -1.48. The number of nitrogens with zero attached hydrogens (tertiary/aromatic N) is 3. The Bertz CT molecular complexity index is 724. The van der Waals surface area contributed by atoms with Gasteiger partial charge in [0.1, 0.15) is 0 Å². The van der Waals surface area contributed by atoms with Crippen molar-refractivity contribution >= 4 is 21.6 Å². The standard InChI is InChI=1S/C18H30N4O3S/c1-5-22(6-2)26(24,25)17-13-16(8-7-15(17)3)19-18(23)14-21-11-9-20(4)10-12-21/h7-8,13H,5-6,9-12,14H2,1-4H3,(H,19,23). The van der Waals surface area contributed by atoms with Crippen LogP contribution in [0.2, 0.25) is 0 Å². The third kappa shape index (κ3) is 5.03. The van der Waals surface area contributed by atoms with E-state index in [9.17, 15) is 13.2 Å². The minimum atomic E-state index is -3.56. The number of benzene rings is 1. The molecule has 8 heteroatoms. The quantitative estimate of drug-likeness (QED) is 0.767. The summed E-state index contributed by atoms with van der Waals surface area (Å²) < 4.78 is 27.0. The van der Waals surface area contributed by atoms with E-state index in [1.54, 1.807) is 25.1 Å². The van der Waals surface area contributed by atoms with Crippen LogP contribution in [0, 0.1) is 6.92 Å². The lowest BCUT2D eigenvalue weighted by Gasteiger charge is -2.31. The average molecular weight is 383 g/mol. The molecule has 0 saturated carbocycles. The predicted molar refractivity (Wildman–Crippen MR) is 104 cm³/mol. The molecule has 1 aromatic carbocycles. The smallest absolute Gasteiger partial charge is 0.243 e. The number of carbonyl (C=O) groups excluding carboxylic acids is 1. The molecule has 1 saturated heterocycles. The van der Waals surface area contributed by atoms with Gasteiger partial charge in [-0.1, -0.05) is 19.9 Å². The fraction of sp³-hybridized carbons (Fsp3) is 0.611. The van der Waals surface area contributed by atoms with Gasteiger partial charge in [0.05, 0.1) is 11.4 Å². The van der Waals surface area contributed by atoms with Gasteiger partial charge in [0.25, 0.3) is 0 Å². The molecule has 1 heterocycles. The summed E-state index contributed by atoms with van der Waals surface area (Å²) in [5.74, 6) is -0.121. The molecule has 1 aliphatic heterocycles. The first kappa shape index (κ1) is 20.8. The Morgan fingerprint density at radius 2 is 1.77 bits per heavy atom. The largest absolute Gasteiger partial charge is 0.325 e. The Kier molecular flexibility index (Phi) is 7.16. The van der Waals surface area contributed by atoms with E-state index in [-0.39, 0.29) is 10.8 Å². The third-order valence-electron chi connectivity index (χ3n) is 4.76. The summed E-state index contributed by atoms with van der Waals surface area (Å²) >= 11 is 0. The van der Waals surface area contributed by atoms with Gasteiger partial charge in [-0.3, -0.25) is 9.69 Å². The average Bonchev–Trinajstić information content (AvgIpc) is 2.59. The third-order valence-corrected chi connectivity index (χ3v) is 6.95. The summed E-state index contributed by atoms with van der Waals surface area (Å²) in [4.78, 5) is 16.9. The summed E-state index contributed by atoms with van der Waals surface area (Å²) in [5, 5.41) is 2.84. The van der Waals surface area contributed by atoms with Crippen LogP contribution in [0.5, 0.6) is 0 Å². The second kappa shape index (κ2) is 8.94. The second-order valence-corrected chi connectivity index (χ2v) is 8.60. The molecule has 0 aromatic heterocycles. The van der Waals surface area contributed by atoms with Gasteiger partial charge in [0.2, 0.25) is 15.9 Å². The van der Waals surface area contributed by atoms with Crippen LogP contribution in [0.25, 0.3) is 0 Å². The van der Waals surface area contributed by atoms with E-state index >= 15 is 0 Å². The van der Waals surface area contributed by atoms with Crippen LogP contribution in [-0.2, 0) is 14.8 Å². The minimum Gasteiger partial charge on any atom is -0.325 e. The number of hydrogen-bond acceptors (Lipinski definition) is 5. The molecule has 1 amide bonds. The zero-order valence-corrected chi connectivity index (χ0v) is 17.0. The highest BCUT2D eigenvalue weighted by atomic mass is 32.2. The number of likely N-dealkylation sites (N-methyl/N-ethyl adjacent to an activating group) is 1. The van der Waals surface area contributed by atoms with Crippen molar-refractivity contribution in [2.75, 3.05) is 58.2 Å².